The van der Waals surface area contributed by atoms with Gasteiger partial charge in [0.25, 0.3) is 0 Å². The van der Waals surface area contributed by atoms with Crippen molar-refractivity contribution in [1.82, 2.24) is 23.3 Å². The van der Waals surface area contributed by atoms with Gasteiger partial charge < -0.3 is 0 Å². The highest BCUT2D eigenvalue weighted by Gasteiger charge is 2.18. The first-order valence-corrected chi connectivity index (χ1v) is 11.5. The van der Waals surface area contributed by atoms with Gasteiger partial charge in [-0.25, -0.2) is 14.5 Å². The van der Waals surface area contributed by atoms with Crippen molar-refractivity contribution in [2.45, 2.75) is 0 Å². The van der Waals surface area contributed by atoms with Gasteiger partial charge in [0, 0.05) is 3.57 Å². The third-order valence-electron chi connectivity index (χ3n) is 5.92. The van der Waals surface area contributed by atoms with Crippen molar-refractivity contribution in [2.24, 2.45) is 0 Å². The molecule has 0 aliphatic carbocycles. The number of hydrogen-bond donors (Lipinski definition) is 0. The summed E-state index contributed by atoms with van der Waals surface area (Å²) in [6.07, 6.45) is 0. The summed E-state index contributed by atoms with van der Waals surface area (Å²) in [5.74, 6) is 1.66. The zero-order valence-electron chi connectivity index (χ0n) is 16.9. The second-order valence-electron chi connectivity index (χ2n) is 7.78. The van der Waals surface area contributed by atoms with Crippen LogP contribution in [0.15, 0.2) is 97.1 Å². The van der Waals surface area contributed by atoms with Gasteiger partial charge in [-0.2, -0.15) is 0 Å². The Labute approximate surface area is 196 Å². The third-order valence-corrected chi connectivity index (χ3v) is 6.59. The van der Waals surface area contributed by atoms with Crippen molar-refractivity contribution in [3.8, 4) is 5.69 Å². The molecule has 0 saturated heterocycles. The van der Waals surface area contributed by atoms with Gasteiger partial charge in [-0.05, 0) is 77.2 Å². The number of fused-ring (bicyclic) bond motifs is 9. The molecular weight excluding hydrogens is 509 g/mol. The van der Waals surface area contributed by atoms with E-state index < -0.39 is 0 Å². The van der Waals surface area contributed by atoms with Crippen LogP contribution in [0.2, 0.25) is 0 Å². The Morgan fingerprint density at radius 2 is 1.09 bits per heavy atom. The molecule has 0 radical (unpaired) electrons. The summed E-state index contributed by atoms with van der Waals surface area (Å²) in [7, 11) is 0. The summed E-state index contributed by atoms with van der Waals surface area (Å²) < 4.78 is 7.83. The van der Waals surface area contributed by atoms with E-state index in [1.165, 1.54) is 3.57 Å². The Morgan fingerprint density at radius 3 is 1.75 bits per heavy atom. The molecule has 0 spiro atoms. The summed E-state index contributed by atoms with van der Waals surface area (Å²) in [5.41, 5.74) is 7.24. The molecule has 0 saturated carbocycles. The minimum atomic E-state index is 0.828. The number of imidazole rings is 2. The highest BCUT2D eigenvalue weighted by molar-refractivity contribution is 14.1. The Hall–Kier alpha value is -3.65. The standard InChI is InChI=1S/C26H16IN5/c27-17-14-15-23-24(16-17)32-22-13-7-5-11-20(22)29-26(32)30(18-8-2-1-3-9-18)25-28-19-10-4-6-12-21(19)31(23)25/h1-16H. The number of aromatic nitrogens is 5. The molecule has 0 aliphatic heterocycles. The Bertz CT molecular complexity index is 1840. The summed E-state index contributed by atoms with van der Waals surface area (Å²) >= 11 is 2.38. The van der Waals surface area contributed by atoms with E-state index in [9.17, 15) is 0 Å². The molecule has 0 aliphatic rings. The maximum absolute atomic E-state index is 5.10. The van der Waals surface area contributed by atoms with Gasteiger partial charge in [-0.3, -0.25) is 8.80 Å². The summed E-state index contributed by atoms with van der Waals surface area (Å²) in [4.78, 5) is 10.2. The number of rotatable bonds is 1. The van der Waals surface area contributed by atoms with Crippen molar-refractivity contribution >= 4 is 67.2 Å². The second kappa shape index (κ2) is 6.67. The van der Waals surface area contributed by atoms with Crippen molar-refractivity contribution in [1.29, 1.82) is 0 Å². The monoisotopic (exact) mass is 525 g/mol. The van der Waals surface area contributed by atoms with E-state index >= 15 is 0 Å². The first-order valence-electron chi connectivity index (χ1n) is 10.4. The second-order valence-corrected chi connectivity index (χ2v) is 9.02. The lowest BCUT2D eigenvalue weighted by Crippen LogP contribution is -2.01. The number of halogens is 1. The van der Waals surface area contributed by atoms with Crippen LogP contribution in [0.5, 0.6) is 0 Å². The summed E-state index contributed by atoms with van der Waals surface area (Å²) in [6.45, 7) is 0. The lowest BCUT2D eigenvalue weighted by atomic mass is 10.2. The molecule has 0 N–H and O–H groups in total. The van der Waals surface area contributed by atoms with Gasteiger partial charge in [-0.1, -0.05) is 42.5 Å². The average Bonchev–Trinajstić information content (AvgIpc) is 3.36. The molecule has 152 valence electrons. The van der Waals surface area contributed by atoms with Crippen LogP contribution >= 0.6 is 22.6 Å². The molecule has 4 aromatic carbocycles. The predicted molar refractivity (Wildman–Crippen MR) is 137 cm³/mol. The van der Waals surface area contributed by atoms with E-state index in [0.717, 1.165) is 50.3 Å². The minimum Gasteiger partial charge on any atom is -0.276 e. The highest BCUT2D eigenvalue weighted by atomic mass is 127. The molecular formula is C26H16IN5. The maximum Gasteiger partial charge on any atom is 0.223 e. The van der Waals surface area contributed by atoms with Crippen molar-refractivity contribution in [2.75, 3.05) is 0 Å². The van der Waals surface area contributed by atoms with Crippen LogP contribution in [0.3, 0.4) is 0 Å². The summed E-state index contributed by atoms with van der Waals surface area (Å²) in [5, 5.41) is 0. The fourth-order valence-corrected chi connectivity index (χ4v) is 5.04. The smallest absolute Gasteiger partial charge is 0.223 e. The molecule has 32 heavy (non-hydrogen) atoms. The zero-order valence-corrected chi connectivity index (χ0v) is 19.0. The van der Waals surface area contributed by atoms with Crippen molar-refractivity contribution < 1.29 is 0 Å². The van der Waals surface area contributed by atoms with Gasteiger partial charge in [-0.15, -0.1) is 0 Å². The highest BCUT2D eigenvalue weighted by Crippen LogP contribution is 2.29. The van der Waals surface area contributed by atoms with E-state index in [1.807, 2.05) is 18.2 Å². The van der Waals surface area contributed by atoms with Crippen LogP contribution in [0, 0.1) is 3.57 Å². The maximum atomic E-state index is 5.10. The van der Waals surface area contributed by atoms with E-state index in [2.05, 4.69) is 115 Å². The number of hydrogen-bond acceptors (Lipinski definition) is 2. The Balaban J connectivity index is 1.91. The molecule has 0 bridgehead atoms. The molecule has 5 nitrogen and oxygen atoms in total. The van der Waals surface area contributed by atoms with Crippen LogP contribution in [0.4, 0.5) is 0 Å². The van der Waals surface area contributed by atoms with Gasteiger partial charge in [0.1, 0.15) is 0 Å². The fourth-order valence-electron chi connectivity index (χ4n) is 4.56. The summed E-state index contributed by atoms with van der Waals surface area (Å²) in [6, 6.07) is 33.5. The van der Waals surface area contributed by atoms with Crippen LogP contribution < -0.4 is 0 Å². The number of benzene rings is 4. The van der Waals surface area contributed by atoms with Crippen LogP contribution in [-0.4, -0.2) is 23.3 Å². The number of nitrogens with zero attached hydrogens (tertiary/aromatic N) is 5. The minimum absolute atomic E-state index is 0.828. The fraction of sp³-hybridized carbons (Fsp3) is 0. The van der Waals surface area contributed by atoms with Gasteiger partial charge in [0.15, 0.2) is 0 Å². The lowest BCUT2D eigenvalue weighted by molar-refractivity contribution is 1.03. The van der Waals surface area contributed by atoms with E-state index in [0.29, 0.717) is 0 Å². The SMILES string of the molecule is Ic1ccc2c(c1)n1c3ccccc3nc1n(-c1ccccc1)c1nc3ccccc3n21. The first-order chi connectivity index (χ1) is 15.8. The van der Waals surface area contributed by atoms with Crippen molar-refractivity contribution in [3.05, 3.63) is 101 Å². The van der Waals surface area contributed by atoms with Crippen LogP contribution in [-0.2, 0) is 0 Å². The van der Waals surface area contributed by atoms with Gasteiger partial charge in [0.2, 0.25) is 11.6 Å². The molecule has 7 aromatic rings. The Morgan fingerprint density at radius 1 is 0.531 bits per heavy atom. The van der Waals surface area contributed by atoms with Gasteiger partial charge in [0.05, 0.1) is 38.8 Å². The molecule has 6 heteroatoms. The van der Waals surface area contributed by atoms with E-state index in [4.69, 9.17) is 9.97 Å². The predicted octanol–water partition coefficient (Wildman–Crippen LogP) is 6.40. The Kier molecular flexibility index (Phi) is 3.75. The van der Waals surface area contributed by atoms with Crippen molar-refractivity contribution in [3.63, 3.8) is 0 Å². The average molecular weight is 525 g/mol. The van der Waals surface area contributed by atoms with Crippen LogP contribution in [0.25, 0.3) is 50.3 Å². The third kappa shape index (κ3) is 2.44. The van der Waals surface area contributed by atoms with E-state index in [-0.39, 0.29) is 0 Å². The first kappa shape index (κ1) is 18.0. The molecule has 0 unspecified atom stereocenters. The van der Waals surface area contributed by atoms with E-state index in [1.54, 1.807) is 0 Å². The van der Waals surface area contributed by atoms with Crippen LogP contribution in [0.1, 0.15) is 0 Å². The number of para-hydroxylation sites is 5. The zero-order chi connectivity index (χ0) is 21.2. The molecule has 0 fully saturated rings. The molecule has 0 atom stereocenters. The normalized spacial score (nSPS) is 11.9. The molecule has 3 aromatic heterocycles. The molecule has 7 rings (SSSR count). The van der Waals surface area contributed by atoms with Gasteiger partial charge >= 0.3 is 0 Å². The largest absolute Gasteiger partial charge is 0.276 e. The topological polar surface area (TPSA) is 39.5 Å². The molecule has 0 amide bonds. The molecule has 3 heterocycles. The lowest BCUT2D eigenvalue weighted by Gasteiger charge is -2.06. The quantitative estimate of drug-likeness (QED) is 0.233.